The van der Waals surface area contributed by atoms with Crippen LogP contribution in [0.25, 0.3) is 10.2 Å². The fourth-order valence-corrected chi connectivity index (χ4v) is 7.45. The predicted molar refractivity (Wildman–Crippen MR) is 172 cm³/mol. The molecule has 228 valence electrons. The first-order valence-electron chi connectivity index (χ1n) is 14.0. The highest BCUT2D eigenvalue weighted by atomic mass is 35.5. The van der Waals surface area contributed by atoms with Crippen LogP contribution in [0.4, 0.5) is 5.13 Å². The number of methoxy groups -OCH3 is 1. The highest BCUT2D eigenvalue weighted by molar-refractivity contribution is 7.89. The fraction of sp³-hybridized carbons (Fsp3) is 0.533. The lowest BCUT2D eigenvalue weighted by molar-refractivity contribution is 0.0983. The minimum atomic E-state index is -3.69. The summed E-state index contributed by atoms with van der Waals surface area (Å²) in [5, 5.41) is 0.594. The monoisotopic (exact) mass is 624 g/mol. The van der Waals surface area contributed by atoms with Gasteiger partial charge in [-0.25, -0.2) is 13.4 Å². The maximum Gasteiger partial charge on any atom is 0.260 e. The average molecular weight is 625 g/mol. The number of nitrogens with zero attached hydrogens (tertiary/aromatic N) is 4. The van der Waals surface area contributed by atoms with Gasteiger partial charge in [-0.05, 0) is 67.7 Å². The van der Waals surface area contributed by atoms with Crippen molar-refractivity contribution in [1.29, 1.82) is 0 Å². The summed E-state index contributed by atoms with van der Waals surface area (Å²) in [5.41, 5.74) is 2.22. The number of hydrogen-bond donors (Lipinski definition) is 0. The number of rotatable bonds is 14. The van der Waals surface area contributed by atoms with Crippen molar-refractivity contribution in [3.05, 3.63) is 47.5 Å². The normalized spacial score (nSPS) is 12.0. The SMILES string of the molecule is CCN(CC)CCN(C(=O)c1ccc(S(=O)(=O)N(CC(C)C)CC(C)C)cc1)c1nc2c(OC)ccc(C)c2s1.Cl. The van der Waals surface area contributed by atoms with Gasteiger partial charge in [-0.1, -0.05) is 58.9 Å². The van der Waals surface area contributed by atoms with Gasteiger partial charge >= 0.3 is 0 Å². The zero-order valence-electron chi connectivity index (χ0n) is 25.5. The fourth-order valence-electron chi connectivity index (χ4n) is 4.60. The summed E-state index contributed by atoms with van der Waals surface area (Å²) in [5.74, 6) is 0.851. The van der Waals surface area contributed by atoms with Gasteiger partial charge in [0.25, 0.3) is 5.91 Å². The van der Waals surface area contributed by atoms with Crippen molar-refractivity contribution in [1.82, 2.24) is 14.2 Å². The van der Waals surface area contributed by atoms with E-state index in [0.29, 0.717) is 42.6 Å². The summed E-state index contributed by atoms with van der Waals surface area (Å²) in [6.07, 6.45) is 0. The quantitative estimate of drug-likeness (QED) is 0.209. The van der Waals surface area contributed by atoms with E-state index < -0.39 is 10.0 Å². The molecule has 0 spiro atoms. The molecule has 0 aliphatic heterocycles. The Morgan fingerprint density at radius 1 is 0.951 bits per heavy atom. The average Bonchev–Trinajstić information content (AvgIpc) is 3.36. The largest absolute Gasteiger partial charge is 0.494 e. The van der Waals surface area contributed by atoms with Crippen molar-refractivity contribution >= 4 is 55.0 Å². The molecule has 0 saturated carbocycles. The van der Waals surface area contributed by atoms with Gasteiger partial charge in [0.2, 0.25) is 10.0 Å². The molecule has 11 heteroatoms. The number of fused-ring (bicyclic) bond motifs is 1. The summed E-state index contributed by atoms with van der Waals surface area (Å²) in [7, 11) is -2.07. The van der Waals surface area contributed by atoms with E-state index in [1.54, 1.807) is 40.6 Å². The van der Waals surface area contributed by atoms with E-state index in [-0.39, 0.29) is 35.0 Å². The molecule has 2 aromatic carbocycles. The number of benzene rings is 2. The molecule has 41 heavy (non-hydrogen) atoms. The van der Waals surface area contributed by atoms with Crippen LogP contribution in [0, 0.1) is 18.8 Å². The number of anilines is 1. The third kappa shape index (κ3) is 8.41. The molecule has 0 aliphatic carbocycles. The molecule has 0 aliphatic rings. The number of sulfonamides is 1. The standard InChI is InChI=1S/C30H44N4O4S2.ClH/c1-9-32(10-2)17-18-34(30-31-27-26(38-8)16-11-23(7)28(27)39-30)29(35)24-12-14-25(15-13-24)40(36,37)33(19-21(3)4)20-22(5)6;/h11-16,21-22H,9-10,17-20H2,1-8H3;1H. The Bertz CT molecular complexity index is 1380. The Kier molecular flexibility index (Phi) is 13.0. The minimum absolute atomic E-state index is 0. The second-order valence-corrected chi connectivity index (χ2v) is 13.8. The molecule has 0 unspecified atom stereocenters. The Morgan fingerprint density at radius 3 is 2.05 bits per heavy atom. The van der Waals surface area contributed by atoms with Crippen molar-refractivity contribution in [3.63, 3.8) is 0 Å². The minimum Gasteiger partial charge on any atom is -0.494 e. The number of aryl methyl sites for hydroxylation is 1. The van der Waals surface area contributed by atoms with Crippen LogP contribution >= 0.6 is 23.7 Å². The smallest absolute Gasteiger partial charge is 0.260 e. The van der Waals surface area contributed by atoms with Gasteiger partial charge in [0, 0.05) is 31.7 Å². The van der Waals surface area contributed by atoms with Gasteiger partial charge in [0.05, 0.1) is 16.7 Å². The highest BCUT2D eigenvalue weighted by Gasteiger charge is 2.28. The van der Waals surface area contributed by atoms with Gasteiger partial charge in [-0.3, -0.25) is 9.69 Å². The molecule has 3 aromatic rings. The van der Waals surface area contributed by atoms with Gasteiger partial charge in [-0.2, -0.15) is 4.31 Å². The molecule has 0 bridgehead atoms. The van der Waals surface area contributed by atoms with Crippen molar-refractivity contribution in [2.75, 3.05) is 51.3 Å². The maximum absolute atomic E-state index is 13.9. The number of likely N-dealkylation sites (N-methyl/N-ethyl adjacent to an activating group) is 1. The third-order valence-electron chi connectivity index (χ3n) is 6.80. The predicted octanol–water partition coefficient (Wildman–Crippen LogP) is 6.33. The number of halogens is 1. The number of carbonyl (C=O) groups is 1. The topological polar surface area (TPSA) is 83.1 Å². The first-order chi connectivity index (χ1) is 18.9. The second-order valence-electron chi connectivity index (χ2n) is 10.9. The van der Waals surface area contributed by atoms with Crippen molar-refractivity contribution < 1.29 is 17.9 Å². The lowest BCUT2D eigenvalue weighted by Crippen LogP contribution is -2.39. The van der Waals surface area contributed by atoms with Crippen LogP contribution in [0.1, 0.15) is 57.5 Å². The van der Waals surface area contributed by atoms with E-state index in [4.69, 9.17) is 9.72 Å². The van der Waals surface area contributed by atoms with Crippen molar-refractivity contribution in [2.24, 2.45) is 11.8 Å². The Labute approximate surface area is 256 Å². The highest BCUT2D eigenvalue weighted by Crippen LogP contribution is 2.37. The summed E-state index contributed by atoms with van der Waals surface area (Å²) in [6, 6.07) is 10.2. The van der Waals surface area contributed by atoms with Crippen LogP contribution in [0.2, 0.25) is 0 Å². The van der Waals surface area contributed by atoms with Crippen LogP contribution in [-0.2, 0) is 10.0 Å². The summed E-state index contributed by atoms with van der Waals surface area (Å²) in [6.45, 7) is 18.1. The third-order valence-corrected chi connectivity index (χ3v) is 9.86. The van der Waals surface area contributed by atoms with Gasteiger partial charge < -0.3 is 9.64 Å². The van der Waals surface area contributed by atoms with E-state index in [2.05, 4.69) is 18.7 Å². The molecule has 1 heterocycles. The second kappa shape index (κ2) is 15.3. The summed E-state index contributed by atoms with van der Waals surface area (Å²) < 4.78 is 35.0. The molecule has 1 aromatic heterocycles. The Balaban J connectivity index is 0.00000588. The zero-order chi connectivity index (χ0) is 29.6. The number of hydrogen-bond acceptors (Lipinski definition) is 7. The molecule has 0 radical (unpaired) electrons. The first kappa shape index (κ1) is 35.0. The lowest BCUT2D eigenvalue weighted by Gasteiger charge is -2.26. The van der Waals surface area contributed by atoms with Crippen LogP contribution in [-0.4, -0.2) is 74.9 Å². The van der Waals surface area contributed by atoms with E-state index >= 15 is 0 Å². The molecule has 0 fully saturated rings. The Morgan fingerprint density at radius 2 is 1.54 bits per heavy atom. The van der Waals surface area contributed by atoms with Crippen LogP contribution in [0.5, 0.6) is 5.75 Å². The number of thiazole rings is 1. The van der Waals surface area contributed by atoms with E-state index in [0.717, 1.165) is 28.9 Å². The molecule has 8 nitrogen and oxygen atoms in total. The summed E-state index contributed by atoms with van der Waals surface area (Å²) in [4.78, 5) is 22.9. The molecular formula is C30H45ClN4O4S2. The zero-order valence-corrected chi connectivity index (χ0v) is 28.0. The van der Waals surface area contributed by atoms with Gasteiger partial charge in [0.15, 0.2) is 5.13 Å². The maximum atomic E-state index is 13.9. The number of ether oxygens (including phenoxy) is 1. The van der Waals surface area contributed by atoms with Crippen LogP contribution in [0.15, 0.2) is 41.3 Å². The Hall–Kier alpha value is -2.24. The molecule has 0 N–H and O–H groups in total. The van der Waals surface area contributed by atoms with Gasteiger partial charge in [0.1, 0.15) is 11.3 Å². The van der Waals surface area contributed by atoms with E-state index in [1.807, 2.05) is 46.8 Å². The molecule has 0 saturated heterocycles. The molecule has 1 amide bonds. The van der Waals surface area contributed by atoms with Crippen LogP contribution < -0.4 is 9.64 Å². The first-order valence-corrected chi connectivity index (χ1v) is 16.3. The van der Waals surface area contributed by atoms with Gasteiger partial charge in [-0.15, -0.1) is 12.4 Å². The summed E-state index contributed by atoms with van der Waals surface area (Å²) >= 11 is 1.47. The number of amides is 1. The van der Waals surface area contributed by atoms with Crippen molar-refractivity contribution in [2.45, 2.75) is 53.4 Å². The molecule has 0 atom stereocenters. The van der Waals surface area contributed by atoms with E-state index in [1.165, 1.54) is 11.3 Å². The van der Waals surface area contributed by atoms with Crippen LogP contribution in [0.3, 0.4) is 0 Å². The number of aromatic nitrogens is 1. The number of carbonyl (C=O) groups excluding carboxylic acids is 1. The van der Waals surface area contributed by atoms with E-state index in [9.17, 15) is 13.2 Å². The molecular weight excluding hydrogens is 580 g/mol. The molecule has 3 rings (SSSR count). The van der Waals surface area contributed by atoms with Crippen molar-refractivity contribution in [3.8, 4) is 5.75 Å². The lowest BCUT2D eigenvalue weighted by atomic mass is 10.2.